The summed E-state index contributed by atoms with van der Waals surface area (Å²) in [5.74, 6) is -1.77. The van der Waals surface area contributed by atoms with Crippen molar-refractivity contribution in [2.24, 2.45) is 5.41 Å². The Kier molecular flexibility index (Phi) is 75.5. The van der Waals surface area contributed by atoms with E-state index < -0.39 is 67.3 Å². The monoisotopic (exact) mass is 2420 g/mol. The van der Waals surface area contributed by atoms with Gasteiger partial charge < -0.3 is 117 Å². The van der Waals surface area contributed by atoms with Gasteiger partial charge in [0, 0.05) is 118 Å². The number of phenolic OH excluding ortho intramolecular Hbond substituents is 7. The van der Waals surface area contributed by atoms with Crippen LogP contribution in [0.2, 0.25) is 5.02 Å². The Morgan fingerprint density at radius 1 is 0.493 bits per heavy atom. The van der Waals surface area contributed by atoms with Crippen molar-refractivity contribution in [3.63, 3.8) is 0 Å². The van der Waals surface area contributed by atoms with Gasteiger partial charge in [-0.2, -0.15) is 0 Å². The van der Waals surface area contributed by atoms with E-state index in [1.165, 1.54) is 136 Å². The molecule has 12 N–H and O–H groups in total. The number of esters is 1. The zero-order valence-corrected chi connectivity index (χ0v) is 101. The molecule has 0 aliphatic heterocycles. The zero-order valence-electron chi connectivity index (χ0n) is 90.4. The number of para-hydroxylation sites is 2. The average molecular weight is 2420 g/mol. The molecule has 1 atom stereocenters. The second kappa shape index (κ2) is 79.8. The molecule has 11 rings (SSSR count). The van der Waals surface area contributed by atoms with E-state index in [9.17, 15) is 84.3 Å². The first kappa shape index (κ1) is 142. The molecule has 1 heterocycles. The first-order valence-electron chi connectivity index (χ1n) is 49.2. The molecule has 0 aliphatic carbocycles. The Labute approximate surface area is 972 Å². The first-order valence-corrected chi connectivity index (χ1v) is 55.9. The number of aromatic hydroxyl groups is 7. The predicted octanol–water partition coefficient (Wildman–Crippen LogP) is 19.1. The third-order valence-electron chi connectivity index (χ3n) is 22.0. The van der Waals surface area contributed by atoms with E-state index >= 15 is 0 Å². The molecule has 0 saturated heterocycles. The van der Waals surface area contributed by atoms with Crippen LogP contribution in [0.25, 0.3) is 33.1 Å². The van der Waals surface area contributed by atoms with Crippen LogP contribution in [0.15, 0.2) is 182 Å². The number of carbonyl (C=O) groups is 8. The number of carbonyl (C=O) groups excluding carboxylic acids is 8. The maximum absolute atomic E-state index is 13.6. The van der Waals surface area contributed by atoms with Gasteiger partial charge in [0.25, 0.3) is 5.91 Å². The topological polar surface area (TPSA) is 495 Å². The minimum Gasteiger partial charge on any atom is -0.673 e. The molecule has 1 aromatic heterocycles. The molecule has 0 saturated carbocycles. The van der Waals surface area contributed by atoms with E-state index in [1.807, 2.05) is 155 Å². The van der Waals surface area contributed by atoms with Crippen LogP contribution in [0.1, 0.15) is 249 Å². The number of hydrogen-bond acceptors (Lipinski definition) is 23. The fourth-order valence-electron chi connectivity index (χ4n) is 14.3. The molecule has 812 valence electrons. The van der Waals surface area contributed by atoms with Crippen molar-refractivity contribution in [1.82, 2.24) is 15.0 Å². The van der Waals surface area contributed by atoms with E-state index in [4.69, 9.17) is 37.3 Å². The largest absolute Gasteiger partial charge is 1.00 e. The molecule has 0 fully saturated rings. The summed E-state index contributed by atoms with van der Waals surface area (Å²) < 4.78 is 17.6. The van der Waals surface area contributed by atoms with Crippen LogP contribution in [0.5, 0.6) is 57.5 Å². The summed E-state index contributed by atoms with van der Waals surface area (Å²) in [7, 11) is 0. The van der Waals surface area contributed by atoms with Gasteiger partial charge >= 0.3 is 65.1 Å². The van der Waals surface area contributed by atoms with Gasteiger partial charge in [-0.3, -0.25) is 19.2 Å². The molecular weight excluding hydrogens is 2270 g/mol. The van der Waals surface area contributed by atoms with E-state index in [0.717, 1.165) is 98.4 Å². The van der Waals surface area contributed by atoms with Crippen LogP contribution in [-0.2, 0) is 84.5 Å². The Morgan fingerprint density at radius 2 is 0.987 bits per heavy atom. The minimum atomic E-state index is -1.41. The number of aliphatic carboxylic acids is 2. The minimum absolute atomic E-state index is 0. The molecule has 1 unspecified atom stereocenters. The normalized spacial score (nSPS) is 10.3. The van der Waals surface area contributed by atoms with Gasteiger partial charge in [-0.05, 0) is 253 Å². The fourth-order valence-corrected chi connectivity index (χ4v) is 14.4. The summed E-state index contributed by atoms with van der Waals surface area (Å²) in [6, 6.07) is 52.5. The molecule has 36 heteroatoms. The van der Waals surface area contributed by atoms with Crippen molar-refractivity contribution in [2.45, 2.75) is 259 Å². The van der Waals surface area contributed by atoms with Gasteiger partial charge in [0.15, 0.2) is 18.6 Å². The number of aryl methyl sites for hydroxylation is 12. The van der Waals surface area contributed by atoms with Crippen LogP contribution in [0, 0.1) is 67.7 Å². The Hall–Kier alpha value is -10.1. The molecule has 10 aromatic carbocycles. The molecule has 30 nitrogen and oxygen atoms in total. The summed E-state index contributed by atoms with van der Waals surface area (Å²) in [4.78, 5) is 89.3. The number of benzene rings is 10. The number of fused-ring (bicyclic) bond motifs is 1. The fraction of sp³-hybridized carbons (Fsp3) is 0.404. The second-order valence-electron chi connectivity index (χ2n) is 35.5. The number of ether oxygens (including phenoxy) is 3. The van der Waals surface area contributed by atoms with Crippen molar-refractivity contribution >= 4 is 124 Å². The number of unbranched alkanes of at least 4 members (excludes halogenated alkanes) is 13. The van der Waals surface area contributed by atoms with Crippen molar-refractivity contribution in [1.29, 1.82) is 0 Å². The van der Waals surface area contributed by atoms with Crippen LogP contribution in [-0.4, -0.2) is 138 Å². The number of phenols is 7. The first-order chi connectivity index (χ1) is 69.9. The van der Waals surface area contributed by atoms with E-state index in [-0.39, 0.29) is 138 Å². The quantitative estimate of drug-likeness (QED) is 0.00196. The van der Waals surface area contributed by atoms with E-state index in [0.29, 0.717) is 70.6 Å². The molecule has 0 spiro atoms. The Morgan fingerprint density at radius 3 is 1.48 bits per heavy atom. The average Bonchev–Trinajstić information content (AvgIpc) is 1.59. The number of amides is 4. The summed E-state index contributed by atoms with van der Waals surface area (Å²) >= 11 is 10.6. The predicted molar refractivity (Wildman–Crippen MR) is 601 cm³/mol. The summed E-state index contributed by atoms with van der Waals surface area (Å²) in [5, 5.41) is 110. The third-order valence-corrected chi connectivity index (χ3v) is 22.3. The van der Waals surface area contributed by atoms with Crippen molar-refractivity contribution in [3.8, 4) is 57.5 Å². The van der Waals surface area contributed by atoms with Gasteiger partial charge in [0.2, 0.25) is 5.91 Å². The van der Waals surface area contributed by atoms with Gasteiger partial charge in [0.1, 0.15) is 63.0 Å². The molecular formula is C114H149ClI2N10Na2O20Pd-4. The number of Topliss-reactive ketones (excluding diaryl/α,β-unsaturated/α-hetero) is 1. The number of nitrogens with one attached hydrogen (secondary N) is 5. The van der Waals surface area contributed by atoms with Gasteiger partial charge in [-0.25, -0.2) is 4.68 Å². The van der Waals surface area contributed by atoms with Crippen LogP contribution in [0.4, 0.5) is 17.1 Å². The van der Waals surface area contributed by atoms with Gasteiger partial charge in [0.05, 0.1) is 28.5 Å². The summed E-state index contributed by atoms with van der Waals surface area (Å²) in [5.41, 5.74) is 28.8. The van der Waals surface area contributed by atoms with E-state index in [2.05, 4.69) is 101 Å². The Balaban J connectivity index is 0. The number of aromatic nitrogens is 3. The second-order valence-corrected chi connectivity index (χ2v) is 35.9. The number of nitrogens with zero attached hydrogens (tertiary/aromatic N) is 5. The smallest absolute Gasteiger partial charge is 0.673 e. The maximum Gasteiger partial charge on any atom is 1.00 e. The van der Waals surface area contributed by atoms with Crippen molar-refractivity contribution in [3.05, 3.63) is 287 Å². The SMILES string of the molecule is CC.CC(=O)Oc1ccccc1.CCCCCCCCCCCCCCCCc1cc(O)ccc1O.CCc1cc(CC)cc(OCNc2cc(O)ccc2O)c1.Cc1cc(C)c(O)c(Cc2cc(C)cc(C)c2O)c1.Cc1cc(C)c(O)cc1C.Cc1ccc(OCCCC(=O)Nc2ccc(Cl)c(NC(=O)C(C(=O)C(C)(C)C)n3nnc4ccccc43)c2)c(C)c1.II.[NH-]CC(=O)[N-]CC(=O)[O-].[NH-]CC(=O)[N-]CC(=O)[O-].[Na+].[Na+].[Pd]. The Bertz CT molecular complexity index is 5740. The van der Waals surface area contributed by atoms with Crippen LogP contribution in [0.3, 0.4) is 0 Å². The van der Waals surface area contributed by atoms with E-state index in [1.54, 1.807) is 93.6 Å². The summed E-state index contributed by atoms with van der Waals surface area (Å²) in [6.45, 7) is 33.2. The number of carboxylic acids is 2. The number of halogens is 3. The number of ketones is 1. The number of carboxylic acid groups (broad SMARTS) is 2. The maximum atomic E-state index is 13.6. The molecule has 0 bridgehead atoms. The summed E-state index contributed by atoms with van der Waals surface area (Å²) in [6.07, 6.45) is 23.1. The van der Waals surface area contributed by atoms with Crippen molar-refractivity contribution < 1.29 is 178 Å². The molecule has 150 heavy (non-hydrogen) atoms. The molecule has 0 aliphatic rings. The third kappa shape index (κ3) is 58.1. The van der Waals surface area contributed by atoms with Gasteiger partial charge in [-0.15, -0.1) is 18.2 Å². The van der Waals surface area contributed by atoms with Crippen LogP contribution < -0.4 is 99.5 Å². The zero-order chi connectivity index (χ0) is 110. The number of rotatable bonds is 40. The number of anilines is 3. The van der Waals surface area contributed by atoms with Crippen LogP contribution >= 0.6 is 48.8 Å². The van der Waals surface area contributed by atoms with Crippen molar-refractivity contribution in [2.75, 3.05) is 55.5 Å². The number of hydrogen-bond donors (Lipinski definition) is 10. The molecule has 4 amide bonds. The van der Waals surface area contributed by atoms with Gasteiger partial charge in [-0.1, -0.05) is 264 Å². The molecule has 11 aromatic rings. The molecule has 0 radical (unpaired) electrons. The standard InChI is InChI=1S/C31H34ClN5O4.C22H38O2.C17H21NO3.C17H20O2.C9H12O.C8H8O2.2C4H7N2O3.C2H6.I2.2Na.Pd/c1-19-12-15-26(20(2)17-19)41-16-8-11-27(38)33-21-13-14-22(32)24(18-21)34-30(40)28(29(39)31(3,4)5)37-25-10-7-6-9-23(25)35-36-37;1-2-3-4-5-6-7-8-9-10-11-12-13-14-15-16-20-19-21(23)17-18-22(20)24;1-3-12-7-13(4-2)9-15(8-12)21-11-18-16-10-14(19)5-6-17(16)20;1-10-5-12(3)16(18)14(7-10)9-15-8-11(2)6-13(4)17(15)19;1-6-4-8(3)9(10)5-7(6)2;1-7(9)10-8-5-3-2-4-6-8;2*5-1-3(7)6-2-4(8)9;2*1-2;;;/h6-7,9-10,12-15,17-18,28H,8,11,16H2,1-5H3,(H,33,38)(H,34,40);17-19,23-24H,2-16H2,1H3;5-10,18-20H,3-4,11H2,1-2H3;5-8,18-19H,9H2,1-4H3;4-5,10H,1-3H3;2-6H,1H3;2*5H,1-2H2,(H2,6,7,8,9);1-2H3;;;;/q;;;;;;2*-1;;;2*+1;/p-4.